The lowest BCUT2D eigenvalue weighted by Crippen LogP contribution is -2.26. The van der Waals surface area contributed by atoms with Crippen LogP contribution in [-0.2, 0) is 11.2 Å². The van der Waals surface area contributed by atoms with E-state index in [9.17, 15) is 4.79 Å². The van der Waals surface area contributed by atoms with Crippen LogP contribution in [0.2, 0.25) is 0 Å². The molecule has 1 aromatic carbocycles. The van der Waals surface area contributed by atoms with Crippen LogP contribution in [0.4, 0.5) is 0 Å². The van der Waals surface area contributed by atoms with Crippen LogP contribution in [0.1, 0.15) is 18.4 Å². The number of nitrogens with one attached hydrogen (secondary N) is 2. The molecule has 0 fully saturated rings. The molecule has 0 aliphatic heterocycles. The topological polar surface area (TPSA) is 59.6 Å². The normalized spacial score (nSPS) is 10.2. The zero-order valence-corrected chi connectivity index (χ0v) is 12.5. The number of aryl methyl sites for hydroxylation is 1. The largest absolute Gasteiger partial charge is 0.493 e. The Balaban J connectivity index is 2.39. The Morgan fingerprint density at radius 3 is 2.55 bits per heavy atom. The molecule has 0 saturated carbocycles. The van der Waals surface area contributed by atoms with E-state index in [1.165, 1.54) is 0 Å². The molecule has 0 bridgehead atoms. The summed E-state index contributed by atoms with van der Waals surface area (Å²) >= 11 is 0. The molecule has 5 nitrogen and oxygen atoms in total. The van der Waals surface area contributed by atoms with Gasteiger partial charge in [0.25, 0.3) is 0 Å². The average Bonchev–Trinajstić information content (AvgIpc) is 2.49. The molecular formula is C15H24N2O3. The summed E-state index contributed by atoms with van der Waals surface area (Å²) in [6.07, 6.45) is 2.12. The molecule has 0 aliphatic rings. The van der Waals surface area contributed by atoms with Gasteiger partial charge in [0.1, 0.15) is 0 Å². The third-order valence-electron chi connectivity index (χ3n) is 3.01. The number of carbonyl (C=O) groups is 1. The van der Waals surface area contributed by atoms with Gasteiger partial charge in [-0.3, -0.25) is 4.79 Å². The number of hydrogen-bond donors (Lipinski definition) is 2. The fraction of sp³-hybridized carbons (Fsp3) is 0.533. The van der Waals surface area contributed by atoms with Crippen LogP contribution < -0.4 is 20.1 Å². The van der Waals surface area contributed by atoms with Crippen LogP contribution in [0.25, 0.3) is 0 Å². The molecule has 0 atom stereocenters. The Kier molecular flexibility index (Phi) is 7.50. The smallest absolute Gasteiger partial charge is 0.220 e. The van der Waals surface area contributed by atoms with Gasteiger partial charge in [0.15, 0.2) is 11.5 Å². The van der Waals surface area contributed by atoms with E-state index >= 15 is 0 Å². The van der Waals surface area contributed by atoms with Gasteiger partial charge in [0, 0.05) is 13.0 Å². The van der Waals surface area contributed by atoms with Gasteiger partial charge in [-0.1, -0.05) is 6.07 Å². The van der Waals surface area contributed by atoms with E-state index in [1.807, 2.05) is 25.2 Å². The molecule has 0 aliphatic carbocycles. The molecule has 0 unspecified atom stereocenters. The lowest BCUT2D eigenvalue weighted by atomic mass is 10.1. The molecule has 2 N–H and O–H groups in total. The Hall–Kier alpha value is -1.75. The Labute approximate surface area is 120 Å². The molecule has 0 radical (unpaired) electrons. The first kappa shape index (κ1) is 16.3. The number of benzene rings is 1. The average molecular weight is 280 g/mol. The predicted molar refractivity (Wildman–Crippen MR) is 79.4 cm³/mol. The second-order valence-corrected chi connectivity index (χ2v) is 4.50. The van der Waals surface area contributed by atoms with Crippen molar-refractivity contribution < 1.29 is 14.3 Å². The summed E-state index contributed by atoms with van der Waals surface area (Å²) in [6.45, 7) is 1.63. The van der Waals surface area contributed by atoms with E-state index in [2.05, 4.69) is 10.6 Å². The second kappa shape index (κ2) is 9.20. The van der Waals surface area contributed by atoms with Crippen molar-refractivity contribution in [3.8, 4) is 11.5 Å². The van der Waals surface area contributed by atoms with Gasteiger partial charge in [0.05, 0.1) is 14.2 Å². The predicted octanol–water partition coefficient (Wildman–Crippen LogP) is 1.36. The standard InChI is InChI=1S/C15H24N2O3/c1-16-9-4-10-17-15(18)8-6-12-5-7-13(19-2)14(11-12)20-3/h5,7,11,16H,4,6,8-10H2,1-3H3,(H,17,18). The third-order valence-corrected chi connectivity index (χ3v) is 3.01. The van der Waals surface area contributed by atoms with Gasteiger partial charge < -0.3 is 20.1 Å². The molecule has 5 heteroatoms. The molecule has 0 aromatic heterocycles. The molecule has 1 amide bonds. The second-order valence-electron chi connectivity index (χ2n) is 4.50. The van der Waals surface area contributed by atoms with Crippen molar-refractivity contribution in [1.82, 2.24) is 10.6 Å². The maximum Gasteiger partial charge on any atom is 0.220 e. The summed E-state index contributed by atoms with van der Waals surface area (Å²) in [4.78, 5) is 11.7. The molecule has 0 spiro atoms. The van der Waals surface area contributed by atoms with E-state index in [0.717, 1.165) is 18.5 Å². The zero-order chi connectivity index (χ0) is 14.8. The van der Waals surface area contributed by atoms with E-state index in [-0.39, 0.29) is 5.91 Å². The van der Waals surface area contributed by atoms with Crippen LogP contribution in [0.3, 0.4) is 0 Å². The highest BCUT2D eigenvalue weighted by atomic mass is 16.5. The molecule has 20 heavy (non-hydrogen) atoms. The van der Waals surface area contributed by atoms with Crippen LogP contribution in [0, 0.1) is 0 Å². The summed E-state index contributed by atoms with van der Waals surface area (Å²) in [5.74, 6) is 1.48. The van der Waals surface area contributed by atoms with Gasteiger partial charge in [-0.05, 0) is 44.1 Å². The summed E-state index contributed by atoms with van der Waals surface area (Å²) in [5, 5.41) is 5.95. The first-order chi connectivity index (χ1) is 9.71. The molecule has 112 valence electrons. The number of hydrogen-bond acceptors (Lipinski definition) is 4. The van der Waals surface area contributed by atoms with Crippen molar-refractivity contribution >= 4 is 5.91 Å². The molecule has 1 aromatic rings. The van der Waals surface area contributed by atoms with Crippen LogP contribution in [0.15, 0.2) is 18.2 Å². The van der Waals surface area contributed by atoms with Crippen molar-refractivity contribution in [2.75, 3.05) is 34.4 Å². The van der Waals surface area contributed by atoms with Gasteiger partial charge >= 0.3 is 0 Å². The lowest BCUT2D eigenvalue weighted by molar-refractivity contribution is -0.121. The number of rotatable bonds is 9. The maximum atomic E-state index is 11.7. The van der Waals surface area contributed by atoms with E-state index < -0.39 is 0 Å². The van der Waals surface area contributed by atoms with Crippen molar-refractivity contribution in [2.45, 2.75) is 19.3 Å². The maximum absolute atomic E-state index is 11.7. The molecular weight excluding hydrogens is 256 g/mol. The zero-order valence-electron chi connectivity index (χ0n) is 12.5. The van der Waals surface area contributed by atoms with Crippen LogP contribution >= 0.6 is 0 Å². The molecule has 0 saturated heterocycles. The minimum absolute atomic E-state index is 0.0795. The Morgan fingerprint density at radius 1 is 1.15 bits per heavy atom. The van der Waals surface area contributed by atoms with Crippen LogP contribution in [-0.4, -0.2) is 40.3 Å². The van der Waals surface area contributed by atoms with E-state index in [4.69, 9.17) is 9.47 Å². The Morgan fingerprint density at radius 2 is 1.90 bits per heavy atom. The van der Waals surface area contributed by atoms with Crippen molar-refractivity contribution in [3.05, 3.63) is 23.8 Å². The van der Waals surface area contributed by atoms with Crippen LogP contribution in [0.5, 0.6) is 11.5 Å². The highest BCUT2D eigenvalue weighted by molar-refractivity contribution is 5.76. The highest BCUT2D eigenvalue weighted by Crippen LogP contribution is 2.27. The summed E-state index contributed by atoms with van der Waals surface area (Å²) in [7, 11) is 5.12. The van der Waals surface area contributed by atoms with E-state index in [1.54, 1.807) is 14.2 Å². The quantitative estimate of drug-likeness (QED) is 0.671. The van der Waals surface area contributed by atoms with Gasteiger partial charge in [-0.25, -0.2) is 0 Å². The monoisotopic (exact) mass is 280 g/mol. The van der Waals surface area contributed by atoms with Crippen molar-refractivity contribution in [1.29, 1.82) is 0 Å². The van der Waals surface area contributed by atoms with Crippen molar-refractivity contribution in [2.24, 2.45) is 0 Å². The van der Waals surface area contributed by atoms with Gasteiger partial charge in [-0.15, -0.1) is 0 Å². The fourth-order valence-corrected chi connectivity index (χ4v) is 1.88. The highest BCUT2D eigenvalue weighted by Gasteiger charge is 2.06. The summed E-state index contributed by atoms with van der Waals surface area (Å²) < 4.78 is 10.4. The summed E-state index contributed by atoms with van der Waals surface area (Å²) in [6, 6.07) is 5.72. The number of methoxy groups -OCH3 is 2. The first-order valence-electron chi connectivity index (χ1n) is 6.83. The summed E-state index contributed by atoms with van der Waals surface area (Å²) in [5.41, 5.74) is 1.06. The number of carbonyl (C=O) groups excluding carboxylic acids is 1. The minimum atomic E-state index is 0.0795. The third kappa shape index (κ3) is 5.48. The SMILES string of the molecule is CNCCCNC(=O)CCc1ccc(OC)c(OC)c1. The van der Waals surface area contributed by atoms with E-state index in [0.29, 0.717) is 30.9 Å². The lowest BCUT2D eigenvalue weighted by Gasteiger charge is -2.09. The fourth-order valence-electron chi connectivity index (χ4n) is 1.88. The Bertz CT molecular complexity index is 422. The molecule has 1 rings (SSSR count). The number of amides is 1. The first-order valence-corrected chi connectivity index (χ1v) is 6.83. The van der Waals surface area contributed by atoms with Gasteiger partial charge in [0.2, 0.25) is 5.91 Å². The minimum Gasteiger partial charge on any atom is -0.493 e. The van der Waals surface area contributed by atoms with Crippen molar-refractivity contribution in [3.63, 3.8) is 0 Å². The molecule has 0 heterocycles. The number of ether oxygens (including phenoxy) is 2. The van der Waals surface area contributed by atoms with Gasteiger partial charge in [-0.2, -0.15) is 0 Å².